The lowest BCUT2D eigenvalue weighted by molar-refractivity contribution is 0.101. The van der Waals surface area contributed by atoms with Crippen molar-refractivity contribution in [2.75, 3.05) is 0 Å². The molecule has 0 aliphatic carbocycles. The standard InChI is InChI=1S/C12H12N2O3/c1-7-3-5-9(6-4-7)14-12(17)10(8(2)15)11(16)13-14/h3-6,17H,1-2H3,(H,13,16). The van der Waals surface area contributed by atoms with E-state index in [9.17, 15) is 14.7 Å². The third-order valence-corrected chi connectivity index (χ3v) is 2.52. The molecule has 1 aromatic heterocycles. The fraction of sp³-hybridized carbons (Fsp3) is 0.167. The molecule has 2 rings (SSSR count). The van der Waals surface area contributed by atoms with Gasteiger partial charge in [-0.15, -0.1) is 0 Å². The first kappa shape index (κ1) is 11.2. The van der Waals surface area contributed by atoms with Gasteiger partial charge in [0, 0.05) is 0 Å². The van der Waals surface area contributed by atoms with Crippen molar-refractivity contribution < 1.29 is 9.90 Å². The number of aryl methyl sites for hydroxylation is 1. The molecule has 0 aliphatic heterocycles. The molecular weight excluding hydrogens is 220 g/mol. The van der Waals surface area contributed by atoms with Crippen LogP contribution >= 0.6 is 0 Å². The number of aromatic amines is 1. The molecule has 2 N–H and O–H groups in total. The minimum atomic E-state index is -0.587. The number of benzene rings is 1. The predicted molar refractivity (Wildman–Crippen MR) is 62.8 cm³/mol. The van der Waals surface area contributed by atoms with Crippen molar-refractivity contribution in [3.63, 3.8) is 0 Å². The number of Topliss-reactive ketones (excluding diaryl/α,β-unsaturated/α-hetero) is 1. The van der Waals surface area contributed by atoms with Crippen LogP contribution < -0.4 is 5.56 Å². The monoisotopic (exact) mass is 232 g/mol. The number of hydrogen-bond acceptors (Lipinski definition) is 3. The van der Waals surface area contributed by atoms with E-state index < -0.39 is 11.3 Å². The second-order valence-electron chi connectivity index (χ2n) is 3.87. The van der Waals surface area contributed by atoms with E-state index in [1.54, 1.807) is 12.1 Å². The van der Waals surface area contributed by atoms with Gasteiger partial charge in [-0.2, -0.15) is 0 Å². The largest absolute Gasteiger partial charge is 0.493 e. The number of rotatable bonds is 2. The highest BCUT2D eigenvalue weighted by molar-refractivity contribution is 5.96. The van der Waals surface area contributed by atoms with Crippen LogP contribution in [-0.4, -0.2) is 20.7 Å². The Morgan fingerprint density at radius 3 is 2.35 bits per heavy atom. The van der Waals surface area contributed by atoms with E-state index in [4.69, 9.17) is 0 Å². The first-order chi connectivity index (χ1) is 8.00. The van der Waals surface area contributed by atoms with Crippen molar-refractivity contribution in [2.45, 2.75) is 13.8 Å². The van der Waals surface area contributed by atoms with Crippen LogP contribution in [0.3, 0.4) is 0 Å². The number of carbonyl (C=O) groups excluding carboxylic acids is 1. The van der Waals surface area contributed by atoms with Crippen molar-refractivity contribution in [1.29, 1.82) is 0 Å². The van der Waals surface area contributed by atoms with Gasteiger partial charge >= 0.3 is 0 Å². The Hall–Kier alpha value is -2.30. The number of carbonyl (C=O) groups is 1. The maximum Gasteiger partial charge on any atom is 0.279 e. The van der Waals surface area contributed by atoms with E-state index in [1.165, 1.54) is 11.6 Å². The fourth-order valence-electron chi connectivity index (χ4n) is 1.62. The number of aromatic nitrogens is 2. The van der Waals surface area contributed by atoms with Crippen LogP contribution in [-0.2, 0) is 0 Å². The summed E-state index contributed by atoms with van der Waals surface area (Å²) in [4.78, 5) is 22.7. The summed E-state index contributed by atoms with van der Waals surface area (Å²) >= 11 is 0. The number of hydrogen-bond donors (Lipinski definition) is 2. The lowest BCUT2D eigenvalue weighted by atomic mass is 10.2. The third-order valence-electron chi connectivity index (χ3n) is 2.52. The average molecular weight is 232 g/mol. The third kappa shape index (κ3) is 1.87. The molecular formula is C12H12N2O3. The molecule has 0 saturated carbocycles. The highest BCUT2D eigenvalue weighted by Crippen LogP contribution is 2.18. The summed E-state index contributed by atoms with van der Waals surface area (Å²) in [5, 5.41) is 12.2. The number of ketones is 1. The molecule has 0 fully saturated rings. The second kappa shape index (κ2) is 3.93. The number of aromatic hydroxyl groups is 1. The minimum Gasteiger partial charge on any atom is -0.493 e. The Bertz CT molecular complexity index is 620. The van der Waals surface area contributed by atoms with Gasteiger partial charge < -0.3 is 5.11 Å². The van der Waals surface area contributed by atoms with Gasteiger partial charge in [0.1, 0.15) is 5.56 Å². The molecule has 0 spiro atoms. The maximum absolute atomic E-state index is 11.5. The van der Waals surface area contributed by atoms with Gasteiger partial charge in [0.05, 0.1) is 5.69 Å². The Balaban J connectivity index is 2.61. The van der Waals surface area contributed by atoms with E-state index in [1.807, 2.05) is 19.1 Å². The van der Waals surface area contributed by atoms with Crippen molar-refractivity contribution in [2.24, 2.45) is 0 Å². The van der Waals surface area contributed by atoms with E-state index >= 15 is 0 Å². The predicted octanol–water partition coefficient (Wildman–Crippen LogP) is 1.38. The molecule has 0 saturated heterocycles. The Kier molecular flexibility index (Phi) is 2.59. The summed E-state index contributed by atoms with van der Waals surface area (Å²) in [6.07, 6.45) is 0. The molecule has 2 aromatic rings. The van der Waals surface area contributed by atoms with Gasteiger partial charge in [0.25, 0.3) is 5.56 Å². The maximum atomic E-state index is 11.5. The second-order valence-corrected chi connectivity index (χ2v) is 3.87. The highest BCUT2D eigenvalue weighted by atomic mass is 16.3. The van der Waals surface area contributed by atoms with Crippen LogP contribution in [0, 0.1) is 6.92 Å². The van der Waals surface area contributed by atoms with Gasteiger partial charge in [-0.25, -0.2) is 4.68 Å². The molecule has 5 heteroatoms. The SMILES string of the molecule is CC(=O)c1c(O)n(-c2ccc(C)cc2)[nH]c1=O. The summed E-state index contributed by atoms with van der Waals surface area (Å²) in [6.45, 7) is 3.17. The van der Waals surface area contributed by atoms with Crippen LogP contribution in [0.25, 0.3) is 5.69 Å². The molecule has 0 aliphatic rings. The van der Waals surface area contributed by atoms with Crippen LogP contribution in [0.4, 0.5) is 0 Å². The molecule has 0 bridgehead atoms. The lowest BCUT2D eigenvalue weighted by Gasteiger charge is -2.04. The zero-order chi connectivity index (χ0) is 12.6. The molecule has 5 nitrogen and oxygen atoms in total. The Labute approximate surface area is 97.3 Å². The van der Waals surface area contributed by atoms with Crippen molar-refractivity contribution in [1.82, 2.24) is 9.78 Å². The molecule has 0 amide bonds. The van der Waals surface area contributed by atoms with E-state index in [0.29, 0.717) is 5.69 Å². The summed E-state index contributed by atoms with van der Waals surface area (Å²) < 4.78 is 1.19. The Morgan fingerprint density at radius 1 is 1.29 bits per heavy atom. The molecule has 1 aromatic carbocycles. The molecule has 17 heavy (non-hydrogen) atoms. The minimum absolute atomic E-state index is 0.217. The van der Waals surface area contributed by atoms with Crippen molar-refractivity contribution >= 4 is 5.78 Å². The van der Waals surface area contributed by atoms with Crippen molar-refractivity contribution in [3.8, 4) is 11.6 Å². The molecule has 0 atom stereocenters. The van der Waals surface area contributed by atoms with Gasteiger partial charge in [-0.3, -0.25) is 14.7 Å². The Morgan fingerprint density at radius 2 is 1.88 bits per heavy atom. The van der Waals surface area contributed by atoms with Crippen molar-refractivity contribution in [3.05, 3.63) is 45.7 Å². The summed E-state index contributed by atoms with van der Waals surface area (Å²) in [6, 6.07) is 7.19. The normalized spacial score (nSPS) is 10.5. The zero-order valence-electron chi connectivity index (χ0n) is 9.52. The first-order valence-corrected chi connectivity index (χ1v) is 5.12. The van der Waals surface area contributed by atoms with E-state index in [-0.39, 0.29) is 11.4 Å². The van der Waals surface area contributed by atoms with Gasteiger partial charge in [0.2, 0.25) is 5.88 Å². The number of nitrogens with one attached hydrogen (secondary N) is 1. The van der Waals surface area contributed by atoms with Gasteiger partial charge in [-0.05, 0) is 26.0 Å². The summed E-state index contributed by atoms with van der Waals surface area (Å²) in [5.74, 6) is -0.819. The van der Waals surface area contributed by atoms with Crippen LogP contribution in [0.1, 0.15) is 22.8 Å². The van der Waals surface area contributed by atoms with E-state index in [2.05, 4.69) is 5.10 Å². The van der Waals surface area contributed by atoms with Gasteiger partial charge in [-0.1, -0.05) is 17.7 Å². The molecule has 0 radical (unpaired) electrons. The zero-order valence-corrected chi connectivity index (χ0v) is 9.52. The van der Waals surface area contributed by atoms with E-state index in [0.717, 1.165) is 5.56 Å². The summed E-state index contributed by atoms with van der Waals surface area (Å²) in [5.41, 5.74) is 0.855. The topological polar surface area (TPSA) is 75.1 Å². The summed E-state index contributed by atoms with van der Waals surface area (Å²) in [7, 11) is 0. The highest BCUT2D eigenvalue weighted by Gasteiger charge is 2.18. The lowest BCUT2D eigenvalue weighted by Crippen LogP contribution is -2.10. The molecule has 88 valence electrons. The fourth-order valence-corrected chi connectivity index (χ4v) is 1.62. The molecule has 1 heterocycles. The number of nitrogens with zero attached hydrogens (tertiary/aromatic N) is 1. The van der Waals surface area contributed by atoms with Crippen LogP contribution in [0.2, 0.25) is 0 Å². The van der Waals surface area contributed by atoms with Crippen LogP contribution in [0.15, 0.2) is 29.1 Å². The first-order valence-electron chi connectivity index (χ1n) is 5.12. The van der Waals surface area contributed by atoms with Gasteiger partial charge in [0.15, 0.2) is 5.78 Å². The number of H-pyrrole nitrogens is 1. The van der Waals surface area contributed by atoms with Crippen LogP contribution in [0.5, 0.6) is 5.88 Å². The quantitative estimate of drug-likeness (QED) is 0.768. The molecule has 0 unspecified atom stereocenters. The average Bonchev–Trinajstić information content (AvgIpc) is 2.55. The smallest absolute Gasteiger partial charge is 0.279 e.